The standard InChI is InChI=1S/C13H19N3O2S/c14-8-13(3-5-18-6-4-13)11(17)16-12-15-10(7-19-12)9-1-2-9/h7,9H,1-6,8,14H2,(H,15,16,17). The summed E-state index contributed by atoms with van der Waals surface area (Å²) in [5, 5.41) is 5.69. The number of hydrogen-bond acceptors (Lipinski definition) is 5. The van der Waals surface area contributed by atoms with E-state index in [4.69, 9.17) is 10.5 Å². The second kappa shape index (κ2) is 5.19. The lowest BCUT2D eigenvalue weighted by atomic mass is 9.79. The van der Waals surface area contributed by atoms with Gasteiger partial charge in [0.1, 0.15) is 0 Å². The van der Waals surface area contributed by atoms with Crippen molar-refractivity contribution in [2.45, 2.75) is 31.6 Å². The molecule has 1 aliphatic heterocycles. The number of nitrogens with two attached hydrogens (primary N) is 1. The number of rotatable bonds is 4. The highest BCUT2D eigenvalue weighted by Gasteiger charge is 2.39. The maximum absolute atomic E-state index is 12.4. The van der Waals surface area contributed by atoms with E-state index < -0.39 is 5.41 Å². The topological polar surface area (TPSA) is 77.2 Å². The summed E-state index contributed by atoms with van der Waals surface area (Å²) in [4.78, 5) is 16.9. The Labute approximate surface area is 116 Å². The highest BCUT2D eigenvalue weighted by Crippen LogP contribution is 2.41. The third-order valence-corrected chi connectivity index (χ3v) is 4.84. The molecule has 19 heavy (non-hydrogen) atoms. The number of thiazole rings is 1. The molecule has 0 aromatic carbocycles. The molecule has 1 saturated heterocycles. The highest BCUT2D eigenvalue weighted by molar-refractivity contribution is 7.13. The lowest BCUT2D eigenvalue weighted by molar-refractivity contribution is -0.130. The summed E-state index contributed by atoms with van der Waals surface area (Å²) in [5.74, 6) is 0.614. The maximum Gasteiger partial charge on any atom is 0.233 e. The zero-order chi connectivity index (χ0) is 13.3. The molecule has 2 fully saturated rings. The molecule has 0 atom stereocenters. The molecule has 3 N–H and O–H groups in total. The number of carbonyl (C=O) groups excluding carboxylic acids is 1. The summed E-state index contributed by atoms with van der Waals surface area (Å²) < 4.78 is 5.32. The van der Waals surface area contributed by atoms with Gasteiger partial charge in [-0.05, 0) is 25.7 Å². The van der Waals surface area contributed by atoms with E-state index in [-0.39, 0.29) is 5.91 Å². The number of ether oxygens (including phenoxy) is 1. The van der Waals surface area contributed by atoms with Crippen LogP contribution in [0, 0.1) is 5.41 Å². The fourth-order valence-corrected chi connectivity index (χ4v) is 3.21. The minimum absolute atomic E-state index is 0.00463. The molecule has 2 aliphatic rings. The van der Waals surface area contributed by atoms with Crippen LogP contribution in [0.5, 0.6) is 0 Å². The normalized spacial score (nSPS) is 22.2. The van der Waals surface area contributed by atoms with Crippen LogP contribution >= 0.6 is 11.3 Å². The van der Waals surface area contributed by atoms with E-state index >= 15 is 0 Å². The number of nitrogens with zero attached hydrogens (tertiary/aromatic N) is 1. The van der Waals surface area contributed by atoms with Gasteiger partial charge < -0.3 is 15.8 Å². The Bertz CT molecular complexity index is 464. The molecule has 0 spiro atoms. The summed E-state index contributed by atoms with van der Waals surface area (Å²) in [7, 11) is 0. The molecule has 5 nitrogen and oxygen atoms in total. The minimum Gasteiger partial charge on any atom is -0.381 e. The largest absolute Gasteiger partial charge is 0.381 e. The number of aromatic nitrogens is 1. The van der Waals surface area contributed by atoms with Crippen molar-refractivity contribution in [3.8, 4) is 0 Å². The van der Waals surface area contributed by atoms with Gasteiger partial charge in [-0.15, -0.1) is 11.3 Å². The molecule has 0 unspecified atom stereocenters. The lowest BCUT2D eigenvalue weighted by Crippen LogP contribution is -2.46. The monoisotopic (exact) mass is 281 g/mol. The van der Waals surface area contributed by atoms with Crippen LogP contribution in [0.15, 0.2) is 5.38 Å². The molecule has 1 amide bonds. The average molecular weight is 281 g/mol. The number of amides is 1. The molecule has 1 aromatic heterocycles. The third kappa shape index (κ3) is 2.66. The first kappa shape index (κ1) is 13.0. The molecule has 1 aromatic rings. The van der Waals surface area contributed by atoms with Crippen molar-refractivity contribution >= 4 is 22.4 Å². The summed E-state index contributed by atoms with van der Waals surface area (Å²) in [6.07, 6.45) is 3.83. The zero-order valence-electron chi connectivity index (χ0n) is 10.9. The Hall–Kier alpha value is -0.980. The van der Waals surface area contributed by atoms with Crippen LogP contribution in [0.4, 0.5) is 5.13 Å². The van der Waals surface area contributed by atoms with Gasteiger partial charge in [-0.2, -0.15) is 0 Å². The molecule has 3 rings (SSSR count). The summed E-state index contributed by atoms with van der Waals surface area (Å²) in [5.41, 5.74) is 6.46. The van der Waals surface area contributed by atoms with E-state index in [0.29, 0.717) is 43.6 Å². The summed E-state index contributed by atoms with van der Waals surface area (Å²) in [6.45, 7) is 1.58. The van der Waals surface area contributed by atoms with Crippen molar-refractivity contribution in [1.29, 1.82) is 0 Å². The van der Waals surface area contributed by atoms with Crippen molar-refractivity contribution in [2.24, 2.45) is 11.1 Å². The van der Waals surface area contributed by atoms with Crippen molar-refractivity contribution in [1.82, 2.24) is 4.98 Å². The van der Waals surface area contributed by atoms with Gasteiger partial charge in [0, 0.05) is 31.1 Å². The molecule has 2 heterocycles. The van der Waals surface area contributed by atoms with Gasteiger partial charge in [0.15, 0.2) is 5.13 Å². The van der Waals surface area contributed by atoms with Gasteiger partial charge in [0.05, 0.1) is 11.1 Å². The van der Waals surface area contributed by atoms with Gasteiger partial charge in [0.2, 0.25) is 5.91 Å². The molecular weight excluding hydrogens is 262 g/mol. The van der Waals surface area contributed by atoms with Gasteiger partial charge in [-0.3, -0.25) is 4.79 Å². The smallest absolute Gasteiger partial charge is 0.233 e. The van der Waals surface area contributed by atoms with Crippen LogP contribution in [0.3, 0.4) is 0 Å². The molecule has 1 aliphatic carbocycles. The molecule has 104 valence electrons. The Kier molecular flexibility index (Phi) is 3.56. The molecule has 1 saturated carbocycles. The third-order valence-electron chi connectivity index (χ3n) is 4.06. The van der Waals surface area contributed by atoms with Crippen molar-refractivity contribution < 1.29 is 9.53 Å². The van der Waals surface area contributed by atoms with Crippen molar-refractivity contribution in [2.75, 3.05) is 25.1 Å². The lowest BCUT2D eigenvalue weighted by Gasteiger charge is -2.34. The van der Waals surface area contributed by atoms with Crippen molar-refractivity contribution in [3.63, 3.8) is 0 Å². The van der Waals surface area contributed by atoms with Gasteiger partial charge in [-0.25, -0.2) is 4.98 Å². The Balaban J connectivity index is 1.68. The Morgan fingerprint density at radius 2 is 2.26 bits per heavy atom. The average Bonchev–Trinajstić information content (AvgIpc) is 3.20. The highest BCUT2D eigenvalue weighted by atomic mass is 32.1. The first-order chi connectivity index (χ1) is 9.23. The minimum atomic E-state index is -0.482. The Morgan fingerprint density at radius 3 is 2.89 bits per heavy atom. The molecule has 0 radical (unpaired) electrons. The van der Waals surface area contributed by atoms with E-state index in [2.05, 4.69) is 10.3 Å². The van der Waals surface area contributed by atoms with Crippen LogP contribution in [0.1, 0.15) is 37.3 Å². The van der Waals surface area contributed by atoms with E-state index in [1.807, 2.05) is 5.38 Å². The first-order valence-electron chi connectivity index (χ1n) is 6.78. The number of carbonyl (C=O) groups is 1. The molecular formula is C13H19N3O2S. The predicted molar refractivity (Wildman–Crippen MR) is 74.3 cm³/mol. The zero-order valence-corrected chi connectivity index (χ0v) is 11.7. The maximum atomic E-state index is 12.4. The fraction of sp³-hybridized carbons (Fsp3) is 0.692. The predicted octanol–water partition coefficient (Wildman–Crippen LogP) is 1.71. The van der Waals surface area contributed by atoms with Crippen LogP contribution in [-0.2, 0) is 9.53 Å². The summed E-state index contributed by atoms with van der Waals surface area (Å²) in [6, 6.07) is 0. The second-order valence-corrected chi connectivity index (χ2v) is 6.26. The van der Waals surface area contributed by atoms with Crippen molar-refractivity contribution in [3.05, 3.63) is 11.1 Å². The fourth-order valence-electron chi connectivity index (χ4n) is 2.43. The van der Waals surface area contributed by atoms with Gasteiger partial charge >= 0.3 is 0 Å². The number of nitrogens with one attached hydrogen (secondary N) is 1. The van der Waals surface area contributed by atoms with E-state index in [9.17, 15) is 4.79 Å². The van der Waals surface area contributed by atoms with E-state index in [1.165, 1.54) is 24.2 Å². The van der Waals surface area contributed by atoms with Gasteiger partial charge in [0.25, 0.3) is 0 Å². The van der Waals surface area contributed by atoms with Crippen LogP contribution < -0.4 is 11.1 Å². The second-order valence-electron chi connectivity index (χ2n) is 5.40. The molecule has 6 heteroatoms. The van der Waals surface area contributed by atoms with Crippen LogP contribution in [0.2, 0.25) is 0 Å². The Morgan fingerprint density at radius 1 is 1.53 bits per heavy atom. The quantitative estimate of drug-likeness (QED) is 0.881. The van der Waals surface area contributed by atoms with Crippen LogP contribution in [0.25, 0.3) is 0 Å². The molecule has 0 bridgehead atoms. The van der Waals surface area contributed by atoms with Gasteiger partial charge in [-0.1, -0.05) is 0 Å². The number of anilines is 1. The first-order valence-corrected chi connectivity index (χ1v) is 7.66. The number of hydrogen-bond donors (Lipinski definition) is 2. The van der Waals surface area contributed by atoms with E-state index in [1.54, 1.807) is 0 Å². The SMILES string of the molecule is NCC1(C(=O)Nc2nc(C3CC3)cs2)CCOCC1. The van der Waals surface area contributed by atoms with Crippen LogP contribution in [-0.4, -0.2) is 30.6 Å². The summed E-state index contributed by atoms with van der Waals surface area (Å²) >= 11 is 1.50. The van der Waals surface area contributed by atoms with E-state index in [0.717, 1.165) is 5.69 Å².